The summed E-state index contributed by atoms with van der Waals surface area (Å²) >= 11 is 0. The average Bonchev–Trinajstić information content (AvgIpc) is 2.71. The van der Waals surface area contributed by atoms with E-state index in [1.807, 2.05) is 54.5 Å². The lowest BCUT2D eigenvalue weighted by Crippen LogP contribution is -2.41. The van der Waals surface area contributed by atoms with E-state index in [1.165, 1.54) is 0 Å². The molecular weight excluding hydrogens is 333 g/mol. The molecule has 1 aromatic heterocycles. The van der Waals surface area contributed by atoms with Crippen molar-refractivity contribution in [3.05, 3.63) is 29.8 Å². The summed E-state index contributed by atoms with van der Waals surface area (Å²) in [5, 5.41) is 2.75. The number of nitrogens with zero attached hydrogens (tertiary/aromatic N) is 2. The van der Waals surface area contributed by atoms with Crippen molar-refractivity contribution in [1.82, 2.24) is 15.3 Å². The van der Waals surface area contributed by atoms with Crippen molar-refractivity contribution in [2.75, 3.05) is 6.54 Å². The van der Waals surface area contributed by atoms with Crippen LogP contribution in [0.2, 0.25) is 0 Å². The van der Waals surface area contributed by atoms with Crippen molar-refractivity contribution in [2.24, 2.45) is 0 Å². The number of nitrogens with one attached hydrogen (secondary N) is 1. The van der Waals surface area contributed by atoms with Crippen molar-refractivity contribution >= 4 is 19.3 Å². The zero-order valence-corrected chi connectivity index (χ0v) is 16.6. The molecule has 2 rings (SSSR count). The van der Waals surface area contributed by atoms with Gasteiger partial charge in [-0.1, -0.05) is 0 Å². The van der Waals surface area contributed by atoms with Crippen LogP contribution in [0.4, 0.5) is 4.79 Å². The van der Waals surface area contributed by atoms with Crippen LogP contribution >= 0.6 is 0 Å². The minimum Gasteiger partial charge on any atom is -0.444 e. The molecule has 1 aliphatic rings. The highest BCUT2D eigenvalue weighted by atomic mass is 16.7. The van der Waals surface area contributed by atoms with Gasteiger partial charge in [-0.2, -0.15) is 0 Å². The lowest BCUT2D eigenvalue weighted by Gasteiger charge is -2.32. The predicted molar refractivity (Wildman–Crippen MR) is 100 cm³/mol. The SMILES string of the molecule is CC(C)(C)OC(=O)NCC(=Cc1cnccn1)B1OC(C)(C)C(C)(C)O1. The van der Waals surface area contributed by atoms with Crippen molar-refractivity contribution in [1.29, 1.82) is 0 Å². The van der Waals surface area contributed by atoms with E-state index in [9.17, 15) is 4.79 Å². The topological polar surface area (TPSA) is 82.6 Å². The van der Waals surface area contributed by atoms with Crippen molar-refractivity contribution in [3.63, 3.8) is 0 Å². The van der Waals surface area contributed by atoms with Crippen LogP contribution in [0.1, 0.15) is 54.2 Å². The molecule has 0 aliphatic carbocycles. The molecule has 7 nitrogen and oxygen atoms in total. The van der Waals surface area contributed by atoms with Gasteiger partial charge in [0.2, 0.25) is 0 Å². The number of rotatable bonds is 4. The molecule has 0 aromatic carbocycles. The van der Waals surface area contributed by atoms with Gasteiger partial charge in [-0.25, -0.2) is 4.79 Å². The van der Waals surface area contributed by atoms with E-state index in [0.29, 0.717) is 5.69 Å². The summed E-state index contributed by atoms with van der Waals surface area (Å²) < 4.78 is 17.5. The van der Waals surface area contributed by atoms with Crippen molar-refractivity contribution in [3.8, 4) is 0 Å². The van der Waals surface area contributed by atoms with Gasteiger partial charge in [0.15, 0.2) is 0 Å². The highest BCUT2D eigenvalue weighted by Gasteiger charge is 2.52. The molecule has 0 bridgehead atoms. The molecule has 0 radical (unpaired) electrons. The summed E-state index contributed by atoms with van der Waals surface area (Å²) in [5.41, 5.74) is -0.141. The molecule has 0 saturated carbocycles. The lowest BCUT2D eigenvalue weighted by atomic mass is 9.77. The summed E-state index contributed by atoms with van der Waals surface area (Å²) in [4.78, 5) is 20.3. The normalized spacial score (nSPS) is 19.3. The Kier molecular flexibility index (Phi) is 5.77. The maximum absolute atomic E-state index is 12.0. The minimum absolute atomic E-state index is 0.211. The van der Waals surface area contributed by atoms with E-state index in [0.717, 1.165) is 5.47 Å². The second-order valence-electron chi connectivity index (χ2n) is 8.29. The van der Waals surface area contributed by atoms with Crippen LogP contribution in [0.25, 0.3) is 6.08 Å². The molecule has 0 spiro atoms. The first kappa shape index (κ1) is 20.4. The Morgan fingerprint density at radius 2 is 1.85 bits per heavy atom. The number of hydrogen-bond donors (Lipinski definition) is 1. The van der Waals surface area contributed by atoms with Crippen LogP contribution in [-0.2, 0) is 14.0 Å². The van der Waals surface area contributed by atoms with E-state index < -0.39 is 30.0 Å². The fourth-order valence-corrected chi connectivity index (χ4v) is 2.26. The maximum Gasteiger partial charge on any atom is 0.492 e. The fraction of sp³-hybridized carbons (Fsp3) is 0.611. The fourth-order valence-electron chi connectivity index (χ4n) is 2.26. The van der Waals surface area contributed by atoms with Crippen LogP contribution in [0.15, 0.2) is 24.1 Å². The first-order chi connectivity index (χ1) is 11.9. The van der Waals surface area contributed by atoms with E-state index in [-0.39, 0.29) is 6.54 Å². The third-order valence-electron chi connectivity index (χ3n) is 4.31. The predicted octanol–water partition coefficient (Wildman–Crippen LogP) is 3.02. The van der Waals surface area contributed by atoms with Crippen LogP contribution in [0.3, 0.4) is 0 Å². The number of carbonyl (C=O) groups excluding carboxylic acids is 1. The standard InChI is InChI=1S/C18H28BN3O4/c1-16(2,3)24-15(23)22-11-13(10-14-12-20-8-9-21-14)19-25-17(4,5)18(6,7)26-19/h8-10,12H,11H2,1-7H3,(H,22,23). The smallest absolute Gasteiger partial charge is 0.444 e. The highest BCUT2D eigenvalue weighted by Crippen LogP contribution is 2.38. The Labute approximate surface area is 155 Å². The van der Waals surface area contributed by atoms with E-state index in [1.54, 1.807) is 18.6 Å². The number of hydrogen-bond acceptors (Lipinski definition) is 6. The molecule has 26 heavy (non-hydrogen) atoms. The number of alkyl carbamates (subject to hydrolysis) is 1. The molecule has 142 valence electrons. The third-order valence-corrected chi connectivity index (χ3v) is 4.31. The van der Waals surface area contributed by atoms with Gasteiger partial charge >= 0.3 is 13.2 Å². The van der Waals surface area contributed by atoms with E-state index in [2.05, 4.69) is 15.3 Å². The first-order valence-corrected chi connectivity index (χ1v) is 8.69. The lowest BCUT2D eigenvalue weighted by molar-refractivity contribution is 0.00578. The van der Waals surface area contributed by atoms with Gasteiger partial charge in [-0.05, 0) is 60.0 Å². The van der Waals surface area contributed by atoms with Gasteiger partial charge in [0.25, 0.3) is 0 Å². The monoisotopic (exact) mass is 361 g/mol. The summed E-state index contributed by atoms with van der Waals surface area (Å²) in [6.45, 7) is 13.6. The summed E-state index contributed by atoms with van der Waals surface area (Å²) in [6, 6.07) is 0. The molecule has 0 atom stereocenters. The Bertz CT molecular complexity index is 653. The molecule has 1 fully saturated rings. The van der Waals surface area contributed by atoms with Crippen LogP contribution < -0.4 is 5.32 Å². The highest BCUT2D eigenvalue weighted by molar-refractivity contribution is 6.56. The number of amides is 1. The molecule has 2 heterocycles. The van der Waals surface area contributed by atoms with Gasteiger partial charge in [-0.15, -0.1) is 0 Å². The summed E-state index contributed by atoms with van der Waals surface area (Å²) in [6.07, 6.45) is 6.16. The molecule has 0 unspecified atom stereocenters. The molecule has 8 heteroatoms. The molecule has 1 aromatic rings. The summed E-state index contributed by atoms with van der Waals surface area (Å²) in [7, 11) is -0.600. The second-order valence-corrected chi connectivity index (χ2v) is 8.29. The second kappa shape index (κ2) is 7.36. The van der Waals surface area contributed by atoms with Gasteiger partial charge in [-0.3, -0.25) is 9.97 Å². The Morgan fingerprint density at radius 3 is 2.35 bits per heavy atom. The molecule has 1 N–H and O–H groups in total. The summed E-state index contributed by atoms with van der Waals surface area (Å²) in [5.74, 6) is 0. The van der Waals surface area contributed by atoms with Crippen molar-refractivity contribution in [2.45, 2.75) is 65.3 Å². The van der Waals surface area contributed by atoms with E-state index in [4.69, 9.17) is 14.0 Å². The first-order valence-electron chi connectivity index (χ1n) is 8.69. The number of carbonyl (C=O) groups is 1. The van der Waals surface area contributed by atoms with Gasteiger partial charge < -0.3 is 19.4 Å². The molecular formula is C18H28BN3O4. The van der Waals surface area contributed by atoms with Crippen molar-refractivity contribution < 1.29 is 18.8 Å². The molecule has 1 aliphatic heterocycles. The van der Waals surface area contributed by atoms with Gasteiger partial charge in [0, 0.05) is 18.9 Å². The van der Waals surface area contributed by atoms with E-state index >= 15 is 0 Å². The zero-order valence-electron chi connectivity index (χ0n) is 16.6. The maximum atomic E-state index is 12.0. The van der Waals surface area contributed by atoms with Crippen LogP contribution in [-0.4, -0.2) is 46.5 Å². The van der Waals surface area contributed by atoms with Gasteiger partial charge in [0.05, 0.1) is 23.1 Å². The zero-order chi connectivity index (χ0) is 19.6. The van der Waals surface area contributed by atoms with Crippen LogP contribution in [0, 0.1) is 0 Å². The van der Waals surface area contributed by atoms with Crippen LogP contribution in [0.5, 0.6) is 0 Å². The quantitative estimate of drug-likeness (QED) is 0.830. The Hall–Kier alpha value is -1.93. The molecule has 1 saturated heterocycles. The number of ether oxygens (including phenoxy) is 1. The molecule has 1 amide bonds. The third kappa shape index (κ3) is 5.28. The largest absolute Gasteiger partial charge is 0.492 e. The Morgan fingerprint density at radius 1 is 1.23 bits per heavy atom. The Balaban J connectivity index is 2.19. The number of aromatic nitrogens is 2. The minimum atomic E-state index is -0.600. The average molecular weight is 361 g/mol. The van der Waals surface area contributed by atoms with Gasteiger partial charge in [0.1, 0.15) is 5.60 Å².